The molecule has 3 aromatic rings. The lowest BCUT2D eigenvalue weighted by Crippen LogP contribution is -2.27. The quantitative estimate of drug-likeness (QED) is 0.705. The van der Waals surface area contributed by atoms with Crippen LogP contribution in [0.15, 0.2) is 53.1 Å². The van der Waals surface area contributed by atoms with Gasteiger partial charge in [-0.3, -0.25) is 4.79 Å². The van der Waals surface area contributed by atoms with E-state index in [2.05, 4.69) is 15.5 Å². The van der Waals surface area contributed by atoms with Gasteiger partial charge >= 0.3 is 0 Å². The van der Waals surface area contributed by atoms with Crippen molar-refractivity contribution < 1.29 is 14.1 Å². The standard InChI is InChI=1S/C19H18ClN3O3/c1-12(14-7-3-5-9-16(14)20)21-19(24)15-8-4-6-10-17(15)25-11-18-22-13(2)26-23-18/h3-10,12H,11H2,1-2H3,(H,21,24)/t12-/m0/s1. The lowest BCUT2D eigenvalue weighted by atomic mass is 10.1. The molecule has 1 amide bonds. The Morgan fingerprint density at radius 3 is 2.69 bits per heavy atom. The molecule has 0 aliphatic rings. The number of aromatic nitrogens is 2. The van der Waals surface area contributed by atoms with E-state index in [4.69, 9.17) is 20.9 Å². The third kappa shape index (κ3) is 4.21. The lowest BCUT2D eigenvalue weighted by Gasteiger charge is -2.17. The summed E-state index contributed by atoms with van der Waals surface area (Å²) in [5.74, 6) is 1.07. The van der Waals surface area contributed by atoms with Gasteiger partial charge in [-0.2, -0.15) is 4.98 Å². The number of rotatable bonds is 6. The number of amides is 1. The second-order valence-corrected chi connectivity index (χ2v) is 6.14. The van der Waals surface area contributed by atoms with E-state index in [0.717, 1.165) is 5.56 Å². The second-order valence-electron chi connectivity index (χ2n) is 5.73. The van der Waals surface area contributed by atoms with Crippen molar-refractivity contribution in [1.82, 2.24) is 15.5 Å². The van der Waals surface area contributed by atoms with E-state index in [1.165, 1.54) is 0 Å². The van der Waals surface area contributed by atoms with Crippen LogP contribution in [0.1, 0.15) is 40.6 Å². The largest absolute Gasteiger partial charge is 0.485 e. The minimum Gasteiger partial charge on any atom is -0.485 e. The fourth-order valence-electron chi connectivity index (χ4n) is 2.50. The van der Waals surface area contributed by atoms with Crippen molar-refractivity contribution in [3.63, 3.8) is 0 Å². The zero-order chi connectivity index (χ0) is 18.5. The molecule has 0 unspecified atom stereocenters. The number of aryl methyl sites for hydroxylation is 1. The zero-order valence-electron chi connectivity index (χ0n) is 14.4. The number of nitrogens with zero attached hydrogens (tertiary/aromatic N) is 2. The molecule has 2 aromatic carbocycles. The van der Waals surface area contributed by atoms with Gasteiger partial charge in [0.2, 0.25) is 11.7 Å². The predicted octanol–water partition coefficient (Wildman–Crippen LogP) is 4.10. The molecule has 1 aromatic heterocycles. The Labute approximate surface area is 156 Å². The number of carbonyl (C=O) groups excluding carboxylic acids is 1. The van der Waals surface area contributed by atoms with Gasteiger partial charge in [-0.15, -0.1) is 0 Å². The van der Waals surface area contributed by atoms with Crippen LogP contribution < -0.4 is 10.1 Å². The van der Waals surface area contributed by atoms with Crippen LogP contribution in [0, 0.1) is 6.92 Å². The first-order valence-electron chi connectivity index (χ1n) is 8.11. The summed E-state index contributed by atoms with van der Waals surface area (Å²) in [6, 6.07) is 14.2. The molecule has 0 fully saturated rings. The number of para-hydroxylation sites is 1. The number of ether oxygens (including phenoxy) is 1. The van der Waals surface area contributed by atoms with Crippen molar-refractivity contribution >= 4 is 17.5 Å². The van der Waals surface area contributed by atoms with E-state index >= 15 is 0 Å². The average Bonchev–Trinajstić information content (AvgIpc) is 3.05. The minimum atomic E-state index is -0.252. The summed E-state index contributed by atoms with van der Waals surface area (Å²) < 4.78 is 10.6. The van der Waals surface area contributed by atoms with E-state index in [0.29, 0.717) is 28.1 Å². The normalized spacial score (nSPS) is 11.8. The van der Waals surface area contributed by atoms with Crippen LogP contribution in [0.25, 0.3) is 0 Å². The van der Waals surface area contributed by atoms with Crippen LogP contribution in [-0.2, 0) is 6.61 Å². The molecule has 3 rings (SSSR count). The number of benzene rings is 2. The Morgan fingerprint density at radius 1 is 1.23 bits per heavy atom. The Bertz CT molecular complexity index is 910. The molecular weight excluding hydrogens is 354 g/mol. The maximum absolute atomic E-state index is 12.7. The zero-order valence-corrected chi connectivity index (χ0v) is 15.2. The SMILES string of the molecule is Cc1nc(COc2ccccc2C(=O)N[C@@H](C)c2ccccc2Cl)no1. The molecule has 1 heterocycles. The number of carbonyl (C=O) groups is 1. The monoisotopic (exact) mass is 371 g/mol. The van der Waals surface area contributed by atoms with E-state index in [9.17, 15) is 4.79 Å². The van der Waals surface area contributed by atoms with E-state index in [1.807, 2.05) is 25.1 Å². The van der Waals surface area contributed by atoms with Gasteiger partial charge in [0.1, 0.15) is 5.75 Å². The van der Waals surface area contributed by atoms with Crippen LogP contribution in [0.3, 0.4) is 0 Å². The average molecular weight is 372 g/mol. The molecule has 0 bridgehead atoms. The van der Waals surface area contributed by atoms with Crippen LogP contribution >= 0.6 is 11.6 Å². The predicted molar refractivity (Wildman–Crippen MR) is 97.1 cm³/mol. The number of nitrogens with one attached hydrogen (secondary N) is 1. The third-order valence-corrected chi connectivity index (χ3v) is 4.12. The highest BCUT2D eigenvalue weighted by atomic mass is 35.5. The summed E-state index contributed by atoms with van der Waals surface area (Å²) >= 11 is 6.20. The van der Waals surface area contributed by atoms with Crippen molar-refractivity contribution in [2.45, 2.75) is 26.5 Å². The molecule has 0 radical (unpaired) electrons. The summed E-state index contributed by atoms with van der Waals surface area (Å²) in [6.07, 6.45) is 0. The first kappa shape index (κ1) is 17.9. The van der Waals surface area contributed by atoms with Gasteiger partial charge in [0.15, 0.2) is 6.61 Å². The number of hydrogen-bond donors (Lipinski definition) is 1. The van der Waals surface area contributed by atoms with E-state index in [1.54, 1.807) is 37.3 Å². The molecular formula is C19H18ClN3O3. The molecule has 1 N–H and O–H groups in total. The number of hydrogen-bond acceptors (Lipinski definition) is 5. The number of halogens is 1. The van der Waals surface area contributed by atoms with Gasteiger partial charge in [-0.1, -0.05) is 47.1 Å². The topological polar surface area (TPSA) is 77.2 Å². The van der Waals surface area contributed by atoms with Crippen molar-refractivity contribution in [1.29, 1.82) is 0 Å². The maximum atomic E-state index is 12.7. The van der Waals surface area contributed by atoms with Crippen LogP contribution in [0.4, 0.5) is 0 Å². The van der Waals surface area contributed by atoms with Crippen molar-refractivity contribution in [2.75, 3.05) is 0 Å². The molecule has 0 saturated carbocycles. The fraction of sp³-hybridized carbons (Fsp3) is 0.211. The van der Waals surface area contributed by atoms with Crippen LogP contribution in [0.2, 0.25) is 5.02 Å². The van der Waals surface area contributed by atoms with Gasteiger partial charge in [0, 0.05) is 11.9 Å². The van der Waals surface area contributed by atoms with Crippen molar-refractivity contribution in [3.8, 4) is 5.75 Å². The third-order valence-electron chi connectivity index (χ3n) is 3.78. The Hall–Kier alpha value is -2.86. The summed E-state index contributed by atoms with van der Waals surface area (Å²) in [5, 5.41) is 7.33. The summed E-state index contributed by atoms with van der Waals surface area (Å²) in [5.41, 5.74) is 1.27. The van der Waals surface area contributed by atoms with Crippen LogP contribution in [-0.4, -0.2) is 16.0 Å². The molecule has 0 aliphatic carbocycles. The Morgan fingerprint density at radius 2 is 1.96 bits per heavy atom. The molecule has 134 valence electrons. The van der Waals surface area contributed by atoms with Crippen molar-refractivity contribution in [3.05, 3.63) is 76.4 Å². The Kier molecular flexibility index (Phi) is 5.53. The maximum Gasteiger partial charge on any atom is 0.255 e. The molecule has 26 heavy (non-hydrogen) atoms. The minimum absolute atomic E-state index is 0.113. The summed E-state index contributed by atoms with van der Waals surface area (Å²) in [7, 11) is 0. The fourth-order valence-corrected chi connectivity index (χ4v) is 2.80. The van der Waals surface area contributed by atoms with Gasteiger partial charge in [0.05, 0.1) is 11.6 Å². The van der Waals surface area contributed by atoms with Crippen molar-refractivity contribution in [2.24, 2.45) is 0 Å². The van der Waals surface area contributed by atoms with E-state index in [-0.39, 0.29) is 18.6 Å². The first-order valence-corrected chi connectivity index (χ1v) is 8.48. The van der Waals surface area contributed by atoms with Gasteiger partial charge in [0.25, 0.3) is 5.91 Å². The molecule has 0 spiro atoms. The molecule has 0 saturated heterocycles. The van der Waals surface area contributed by atoms with Gasteiger partial charge in [-0.05, 0) is 30.7 Å². The van der Waals surface area contributed by atoms with E-state index < -0.39 is 0 Å². The smallest absolute Gasteiger partial charge is 0.255 e. The molecule has 0 aliphatic heterocycles. The van der Waals surface area contributed by atoms with Crippen LogP contribution in [0.5, 0.6) is 5.75 Å². The lowest BCUT2D eigenvalue weighted by molar-refractivity contribution is 0.0935. The molecule has 1 atom stereocenters. The first-order chi connectivity index (χ1) is 12.5. The highest BCUT2D eigenvalue weighted by molar-refractivity contribution is 6.31. The highest BCUT2D eigenvalue weighted by Crippen LogP contribution is 2.24. The summed E-state index contributed by atoms with van der Waals surface area (Å²) in [6.45, 7) is 3.69. The molecule has 6 nitrogen and oxygen atoms in total. The van der Waals surface area contributed by atoms with Gasteiger partial charge in [-0.25, -0.2) is 0 Å². The van der Waals surface area contributed by atoms with Gasteiger partial charge < -0.3 is 14.6 Å². The molecule has 7 heteroatoms. The Balaban J connectivity index is 1.72. The summed E-state index contributed by atoms with van der Waals surface area (Å²) in [4.78, 5) is 16.8. The highest BCUT2D eigenvalue weighted by Gasteiger charge is 2.17. The second kappa shape index (κ2) is 8.01.